The van der Waals surface area contributed by atoms with Gasteiger partial charge in [0.2, 0.25) is 0 Å². The largest absolute Gasteiger partial charge is 0.486 e. The van der Waals surface area contributed by atoms with E-state index in [4.69, 9.17) is 4.74 Å². The lowest BCUT2D eigenvalue weighted by atomic mass is 9.83. The number of aryl methyl sites for hydroxylation is 1. The Labute approximate surface area is 204 Å². The molecule has 4 nitrogen and oxygen atoms in total. The Morgan fingerprint density at radius 2 is 1.83 bits per heavy atom. The van der Waals surface area contributed by atoms with E-state index in [-0.39, 0.29) is 13.1 Å². The third-order valence-electron chi connectivity index (χ3n) is 7.02. The molecule has 2 heterocycles. The number of rotatable bonds is 5. The van der Waals surface area contributed by atoms with Gasteiger partial charge in [-0.05, 0) is 79.6 Å². The van der Waals surface area contributed by atoms with Crippen molar-refractivity contribution in [1.82, 2.24) is 4.90 Å². The molecular weight excluding hydrogens is 488 g/mol. The quantitative estimate of drug-likeness (QED) is 0.472. The van der Waals surface area contributed by atoms with E-state index in [1.807, 2.05) is 18.2 Å². The predicted molar refractivity (Wildman–Crippen MR) is 120 cm³/mol. The van der Waals surface area contributed by atoms with E-state index >= 15 is 0 Å². The van der Waals surface area contributed by atoms with Gasteiger partial charge in [-0.1, -0.05) is 19.1 Å². The number of aliphatic carboxylic acids is 1. The summed E-state index contributed by atoms with van der Waals surface area (Å²) in [6, 6.07) is 7.17. The van der Waals surface area contributed by atoms with Crippen molar-refractivity contribution in [3.63, 3.8) is 0 Å². The monoisotopic (exact) mass is 515 g/mol. The number of likely N-dealkylation sites (tertiary alicyclic amines) is 1. The number of nitrogens with zero attached hydrogens (tertiary/aromatic N) is 1. The van der Waals surface area contributed by atoms with Crippen LogP contribution in [0.15, 0.2) is 36.4 Å². The molecule has 2 aromatic rings. The fourth-order valence-electron chi connectivity index (χ4n) is 5.15. The Morgan fingerprint density at radius 1 is 1.08 bits per heavy atom. The fourth-order valence-corrected chi connectivity index (χ4v) is 5.15. The van der Waals surface area contributed by atoms with Crippen molar-refractivity contribution in [2.75, 3.05) is 13.1 Å². The van der Waals surface area contributed by atoms with Crippen LogP contribution in [0.3, 0.4) is 0 Å². The second kappa shape index (κ2) is 9.61. The third-order valence-corrected chi connectivity index (χ3v) is 7.02. The molecule has 1 N–H and O–H groups in total. The minimum absolute atomic E-state index is 0.271. The van der Waals surface area contributed by atoms with Crippen molar-refractivity contribution in [3.8, 4) is 5.75 Å². The molecule has 2 unspecified atom stereocenters. The van der Waals surface area contributed by atoms with Gasteiger partial charge in [-0.25, -0.2) is 0 Å². The number of hydrogen-bond donors (Lipinski definition) is 1. The summed E-state index contributed by atoms with van der Waals surface area (Å²) in [4.78, 5) is 12.9. The molecule has 2 aromatic carbocycles. The molecule has 1 saturated heterocycles. The van der Waals surface area contributed by atoms with Gasteiger partial charge in [0.15, 0.2) is 0 Å². The minimum Gasteiger partial charge on any atom is -0.486 e. The van der Waals surface area contributed by atoms with Gasteiger partial charge in [0.25, 0.3) is 0 Å². The van der Waals surface area contributed by atoms with Gasteiger partial charge in [-0.2, -0.15) is 26.3 Å². The van der Waals surface area contributed by atoms with Gasteiger partial charge in [-0.15, -0.1) is 0 Å². The van der Waals surface area contributed by atoms with Crippen LogP contribution in [-0.4, -0.2) is 34.7 Å². The van der Waals surface area contributed by atoms with Gasteiger partial charge in [0.1, 0.15) is 11.4 Å². The Kier molecular flexibility index (Phi) is 7.02. The summed E-state index contributed by atoms with van der Waals surface area (Å²) in [5, 5.41) is 9.19. The Balaban J connectivity index is 1.55. The zero-order valence-corrected chi connectivity index (χ0v) is 19.7. The highest BCUT2D eigenvalue weighted by molar-refractivity contribution is 5.70. The van der Waals surface area contributed by atoms with E-state index in [1.54, 1.807) is 11.8 Å². The zero-order valence-electron chi connectivity index (χ0n) is 19.7. The number of benzene rings is 2. The molecule has 196 valence electrons. The van der Waals surface area contributed by atoms with Gasteiger partial charge in [0, 0.05) is 13.1 Å². The molecule has 1 fully saturated rings. The van der Waals surface area contributed by atoms with Gasteiger partial charge >= 0.3 is 18.3 Å². The first-order valence-electron chi connectivity index (χ1n) is 11.8. The van der Waals surface area contributed by atoms with Crippen LogP contribution in [0, 0.1) is 5.92 Å². The van der Waals surface area contributed by atoms with E-state index in [2.05, 4.69) is 0 Å². The highest BCUT2D eigenvalue weighted by atomic mass is 19.4. The predicted octanol–water partition coefficient (Wildman–Crippen LogP) is 6.35. The van der Waals surface area contributed by atoms with Gasteiger partial charge < -0.3 is 9.84 Å². The standard InChI is InChI=1S/C26H27F6NO3/c1-16(23(34)35)11-17-3-4-18-7-9-24(36-22(18)12-17)8-2-10-33(15-24)14-19-13-20(25(27,28)29)5-6-21(19)26(30,31)32/h3-6,12-13,16H,2,7-11,14-15H2,1H3,(H,34,35). The van der Waals surface area contributed by atoms with Crippen molar-refractivity contribution in [1.29, 1.82) is 0 Å². The average molecular weight is 515 g/mol. The van der Waals surface area contributed by atoms with Crippen LogP contribution in [0.4, 0.5) is 26.3 Å². The first kappa shape index (κ1) is 26.3. The molecule has 0 radical (unpaired) electrons. The molecule has 0 saturated carbocycles. The summed E-state index contributed by atoms with van der Waals surface area (Å²) in [7, 11) is 0. The van der Waals surface area contributed by atoms with Crippen molar-refractivity contribution >= 4 is 5.97 Å². The third kappa shape index (κ3) is 5.79. The van der Waals surface area contributed by atoms with Crippen LogP contribution >= 0.6 is 0 Å². The highest BCUT2D eigenvalue weighted by Crippen LogP contribution is 2.41. The Hall–Kier alpha value is -2.75. The van der Waals surface area contributed by atoms with E-state index in [0.717, 1.165) is 11.1 Å². The van der Waals surface area contributed by atoms with Crippen LogP contribution in [0.1, 0.15) is 54.0 Å². The Morgan fingerprint density at radius 3 is 2.50 bits per heavy atom. The van der Waals surface area contributed by atoms with Crippen molar-refractivity contribution < 1.29 is 41.0 Å². The lowest BCUT2D eigenvalue weighted by Gasteiger charge is -2.45. The molecule has 1 spiro atoms. The van der Waals surface area contributed by atoms with E-state index in [0.29, 0.717) is 62.6 Å². The van der Waals surface area contributed by atoms with Crippen molar-refractivity contribution in [2.24, 2.45) is 5.92 Å². The molecule has 36 heavy (non-hydrogen) atoms. The van der Waals surface area contributed by atoms with Gasteiger partial charge in [0.05, 0.1) is 17.0 Å². The van der Waals surface area contributed by atoms with E-state index < -0.39 is 46.5 Å². The molecule has 2 atom stereocenters. The van der Waals surface area contributed by atoms with E-state index in [9.17, 15) is 36.2 Å². The normalized spacial score (nSPS) is 21.6. The first-order valence-corrected chi connectivity index (χ1v) is 11.8. The van der Waals surface area contributed by atoms with Crippen molar-refractivity contribution in [3.05, 3.63) is 64.2 Å². The second-order valence-corrected chi connectivity index (χ2v) is 9.85. The summed E-state index contributed by atoms with van der Waals surface area (Å²) in [6.45, 7) is 2.08. The summed E-state index contributed by atoms with van der Waals surface area (Å²) >= 11 is 0. The molecule has 10 heteroatoms. The maximum atomic E-state index is 13.6. The number of carbonyl (C=O) groups is 1. The van der Waals surface area contributed by atoms with Crippen LogP contribution < -0.4 is 4.74 Å². The molecule has 0 aromatic heterocycles. The number of alkyl halides is 6. The number of piperidine rings is 1. The molecule has 0 bridgehead atoms. The maximum absolute atomic E-state index is 13.6. The molecular formula is C26H27F6NO3. The van der Waals surface area contributed by atoms with Crippen LogP contribution in [0.5, 0.6) is 5.75 Å². The van der Waals surface area contributed by atoms with Crippen LogP contribution in [0.25, 0.3) is 0 Å². The Bertz CT molecular complexity index is 1130. The number of hydrogen-bond acceptors (Lipinski definition) is 3. The summed E-state index contributed by atoms with van der Waals surface area (Å²) in [5.41, 5.74) is -1.46. The number of ether oxygens (including phenoxy) is 1. The smallest absolute Gasteiger partial charge is 0.416 e. The van der Waals surface area contributed by atoms with Crippen molar-refractivity contribution in [2.45, 2.75) is 63.5 Å². The molecule has 0 aliphatic carbocycles. The first-order chi connectivity index (χ1) is 16.8. The SMILES string of the molecule is CC(Cc1ccc2c(c1)OC1(CCCN(Cc3cc(C(F)(F)F)ccc3C(F)(F)F)C1)CC2)C(=O)O. The topological polar surface area (TPSA) is 49.8 Å². The average Bonchev–Trinajstić information content (AvgIpc) is 2.77. The summed E-state index contributed by atoms with van der Waals surface area (Å²) in [6.07, 6.45) is -6.55. The number of halogens is 6. The number of carboxylic acids is 1. The summed E-state index contributed by atoms with van der Waals surface area (Å²) < 4.78 is 86.7. The molecule has 2 aliphatic heterocycles. The van der Waals surface area contributed by atoms with E-state index in [1.165, 1.54) is 0 Å². The number of carboxylic acid groups (broad SMARTS) is 1. The lowest BCUT2D eigenvalue weighted by molar-refractivity contribution is -0.142. The van der Waals surface area contributed by atoms with Crippen LogP contribution in [0.2, 0.25) is 0 Å². The second-order valence-electron chi connectivity index (χ2n) is 9.85. The molecule has 2 aliphatic rings. The fraction of sp³-hybridized carbons (Fsp3) is 0.500. The highest BCUT2D eigenvalue weighted by Gasteiger charge is 2.42. The minimum atomic E-state index is -4.77. The summed E-state index contributed by atoms with van der Waals surface area (Å²) in [5.74, 6) is -0.838. The maximum Gasteiger partial charge on any atom is 0.416 e. The van der Waals surface area contributed by atoms with Crippen LogP contribution in [-0.2, 0) is 36.5 Å². The molecule has 0 amide bonds. The molecule has 4 rings (SSSR count). The number of fused-ring (bicyclic) bond motifs is 1. The lowest BCUT2D eigenvalue weighted by Crippen LogP contribution is -2.53. The van der Waals surface area contributed by atoms with Gasteiger partial charge in [-0.3, -0.25) is 9.69 Å². The zero-order chi connectivity index (χ0) is 26.3.